The molecule has 1 aliphatic rings. The number of carbonyl (C=O) groups excluding carboxylic acids is 1. The number of rotatable bonds is 5. The third-order valence-corrected chi connectivity index (χ3v) is 3.26. The molecule has 2 rings (SSSR count). The Hall–Kier alpha value is -2.45. The van der Waals surface area contributed by atoms with Gasteiger partial charge in [-0.3, -0.25) is 9.69 Å². The van der Waals surface area contributed by atoms with Crippen LogP contribution >= 0.6 is 0 Å². The van der Waals surface area contributed by atoms with Gasteiger partial charge in [0.05, 0.1) is 13.2 Å². The average Bonchev–Trinajstić information content (AvgIpc) is 2.60. The van der Waals surface area contributed by atoms with Crippen molar-refractivity contribution in [3.05, 3.63) is 35.9 Å². The van der Waals surface area contributed by atoms with Crippen LogP contribution in [0.15, 0.2) is 30.3 Å². The first-order chi connectivity index (χ1) is 11.5. The van der Waals surface area contributed by atoms with E-state index < -0.39 is 11.9 Å². The summed E-state index contributed by atoms with van der Waals surface area (Å²) in [5, 5.41) is 17.7. The number of nitrogens with zero attached hydrogens (tertiary/aromatic N) is 1. The van der Waals surface area contributed by atoms with Gasteiger partial charge in [-0.1, -0.05) is 18.2 Å². The molecular weight excluding hydrogens is 316 g/mol. The van der Waals surface area contributed by atoms with Crippen LogP contribution in [-0.4, -0.2) is 72.4 Å². The van der Waals surface area contributed by atoms with Crippen molar-refractivity contribution in [1.29, 1.82) is 0 Å². The molecule has 1 amide bonds. The van der Waals surface area contributed by atoms with E-state index in [1.807, 2.05) is 30.3 Å². The summed E-state index contributed by atoms with van der Waals surface area (Å²) in [5.41, 5.74) is 0.726. The third kappa shape index (κ3) is 8.25. The molecule has 0 atom stereocenters. The number of carboxylic acid groups (broad SMARTS) is 2. The minimum atomic E-state index is -1.82. The largest absolute Gasteiger partial charge is 0.473 e. The van der Waals surface area contributed by atoms with E-state index in [2.05, 4.69) is 10.2 Å². The summed E-state index contributed by atoms with van der Waals surface area (Å²) in [6.45, 7) is 5.43. The number of carbonyl (C=O) groups is 3. The second kappa shape index (κ2) is 11.1. The Morgan fingerprint density at radius 1 is 1.04 bits per heavy atom. The van der Waals surface area contributed by atoms with Crippen LogP contribution in [0.4, 0.5) is 0 Å². The molecule has 3 N–H and O–H groups in total. The molecule has 0 aromatic heterocycles. The van der Waals surface area contributed by atoms with E-state index in [9.17, 15) is 4.79 Å². The molecule has 0 radical (unpaired) electrons. The van der Waals surface area contributed by atoms with Gasteiger partial charge in [-0.05, 0) is 25.1 Å². The summed E-state index contributed by atoms with van der Waals surface area (Å²) in [6.07, 6.45) is 0.985. The van der Waals surface area contributed by atoms with Crippen molar-refractivity contribution in [1.82, 2.24) is 10.2 Å². The number of amides is 1. The topological polar surface area (TPSA) is 116 Å². The van der Waals surface area contributed by atoms with Crippen LogP contribution in [-0.2, 0) is 14.3 Å². The smallest absolute Gasteiger partial charge is 0.414 e. The highest BCUT2D eigenvalue weighted by atomic mass is 16.5. The van der Waals surface area contributed by atoms with Crippen LogP contribution in [0, 0.1) is 0 Å². The van der Waals surface area contributed by atoms with Gasteiger partial charge < -0.3 is 20.3 Å². The van der Waals surface area contributed by atoms with Gasteiger partial charge in [-0.15, -0.1) is 0 Å². The molecule has 1 heterocycles. The molecule has 8 heteroatoms. The number of benzene rings is 1. The van der Waals surface area contributed by atoms with Gasteiger partial charge >= 0.3 is 11.9 Å². The zero-order valence-electron chi connectivity index (χ0n) is 13.3. The standard InChI is InChI=1S/C14H20N2O2.C2H2O4/c17-14(13-5-2-1-3-6-13)15-7-4-8-16-9-11-18-12-10-16;3-1(4)2(5)6/h1-3,5-6H,4,7-12H2,(H,15,17);(H,3,4)(H,5,6). The minimum Gasteiger partial charge on any atom is -0.473 e. The fraction of sp³-hybridized carbons (Fsp3) is 0.438. The Balaban J connectivity index is 0.000000413. The van der Waals surface area contributed by atoms with E-state index in [0.29, 0.717) is 0 Å². The molecule has 0 bridgehead atoms. The molecule has 1 saturated heterocycles. The summed E-state index contributed by atoms with van der Waals surface area (Å²) in [4.78, 5) is 32.3. The van der Waals surface area contributed by atoms with Gasteiger partial charge in [-0.2, -0.15) is 0 Å². The van der Waals surface area contributed by atoms with Crippen LogP contribution < -0.4 is 5.32 Å². The van der Waals surface area contributed by atoms with Crippen LogP contribution in [0.1, 0.15) is 16.8 Å². The Kier molecular flexibility index (Phi) is 9.10. The second-order valence-corrected chi connectivity index (χ2v) is 5.04. The van der Waals surface area contributed by atoms with Crippen molar-refractivity contribution in [2.24, 2.45) is 0 Å². The van der Waals surface area contributed by atoms with Crippen LogP contribution in [0.5, 0.6) is 0 Å². The first-order valence-electron chi connectivity index (χ1n) is 7.60. The van der Waals surface area contributed by atoms with Crippen LogP contribution in [0.2, 0.25) is 0 Å². The third-order valence-electron chi connectivity index (χ3n) is 3.26. The average molecular weight is 338 g/mol. The summed E-state index contributed by atoms with van der Waals surface area (Å²) >= 11 is 0. The zero-order valence-corrected chi connectivity index (χ0v) is 13.3. The monoisotopic (exact) mass is 338 g/mol. The van der Waals surface area contributed by atoms with Gasteiger partial charge in [-0.25, -0.2) is 9.59 Å². The molecule has 132 valence electrons. The molecule has 0 unspecified atom stereocenters. The molecule has 0 saturated carbocycles. The number of morpholine rings is 1. The molecule has 0 spiro atoms. The fourth-order valence-corrected chi connectivity index (χ4v) is 2.02. The maximum Gasteiger partial charge on any atom is 0.414 e. The molecular formula is C16H22N2O6. The number of ether oxygens (including phenoxy) is 1. The van der Waals surface area contributed by atoms with E-state index in [0.717, 1.165) is 51.4 Å². The Labute approximate surface area is 140 Å². The number of hydrogen-bond acceptors (Lipinski definition) is 5. The predicted octanol–water partition coefficient (Wildman–Crippen LogP) is 0.294. The Bertz CT molecular complexity index is 517. The van der Waals surface area contributed by atoms with Crippen LogP contribution in [0.25, 0.3) is 0 Å². The lowest BCUT2D eigenvalue weighted by Gasteiger charge is -2.26. The minimum absolute atomic E-state index is 0.0116. The molecule has 8 nitrogen and oxygen atoms in total. The molecule has 24 heavy (non-hydrogen) atoms. The summed E-state index contributed by atoms with van der Waals surface area (Å²) in [5.74, 6) is -3.64. The molecule has 0 aliphatic carbocycles. The van der Waals surface area contributed by atoms with Gasteiger partial charge in [0.15, 0.2) is 0 Å². The molecule has 1 aromatic rings. The van der Waals surface area contributed by atoms with Gasteiger partial charge in [0.1, 0.15) is 0 Å². The van der Waals surface area contributed by atoms with Crippen molar-refractivity contribution < 1.29 is 29.3 Å². The normalized spacial score (nSPS) is 14.2. The summed E-state index contributed by atoms with van der Waals surface area (Å²) in [7, 11) is 0. The van der Waals surface area contributed by atoms with E-state index >= 15 is 0 Å². The lowest BCUT2D eigenvalue weighted by atomic mass is 10.2. The van der Waals surface area contributed by atoms with Gasteiger partial charge in [0.25, 0.3) is 5.91 Å². The SMILES string of the molecule is O=C(NCCCN1CCOCC1)c1ccccc1.O=C(O)C(=O)O. The summed E-state index contributed by atoms with van der Waals surface area (Å²) < 4.78 is 5.29. The number of carboxylic acids is 2. The number of aliphatic carboxylic acids is 2. The molecule has 1 aromatic carbocycles. The van der Waals surface area contributed by atoms with Crippen molar-refractivity contribution in [2.75, 3.05) is 39.4 Å². The zero-order chi connectivity index (χ0) is 17.8. The quantitative estimate of drug-likeness (QED) is 0.522. The van der Waals surface area contributed by atoms with E-state index in [1.54, 1.807) is 0 Å². The highest BCUT2D eigenvalue weighted by molar-refractivity contribution is 6.27. The van der Waals surface area contributed by atoms with E-state index in [1.165, 1.54) is 0 Å². The fourth-order valence-electron chi connectivity index (χ4n) is 2.02. The van der Waals surface area contributed by atoms with Gasteiger partial charge in [0.2, 0.25) is 0 Å². The highest BCUT2D eigenvalue weighted by Crippen LogP contribution is 1.99. The Morgan fingerprint density at radius 3 is 2.17 bits per heavy atom. The maximum absolute atomic E-state index is 11.8. The molecule has 1 fully saturated rings. The first kappa shape index (κ1) is 19.6. The second-order valence-electron chi connectivity index (χ2n) is 5.04. The predicted molar refractivity (Wildman–Crippen MR) is 85.9 cm³/mol. The maximum atomic E-state index is 11.8. The number of nitrogens with one attached hydrogen (secondary N) is 1. The molecule has 1 aliphatic heterocycles. The lowest BCUT2D eigenvalue weighted by Crippen LogP contribution is -2.38. The van der Waals surface area contributed by atoms with Crippen LogP contribution in [0.3, 0.4) is 0 Å². The van der Waals surface area contributed by atoms with E-state index in [4.69, 9.17) is 24.5 Å². The van der Waals surface area contributed by atoms with Crippen molar-refractivity contribution in [3.8, 4) is 0 Å². The van der Waals surface area contributed by atoms with Crippen molar-refractivity contribution in [3.63, 3.8) is 0 Å². The van der Waals surface area contributed by atoms with Crippen molar-refractivity contribution >= 4 is 17.8 Å². The van der Waals surface area contributed by atoms with E-state index in [-0.39, 0.29) is 5.91 Å². The Morgan fingerprint density at radius 2 is 1.62 bits per heavy atom. The van der Waals surface area contributed by atoms with Gasteiger partial charge in [0, 0.05) is 25.2 Å². The first-order valence-corrected chi connectivity index (χ1v) is 7.60. The highest BCUT2D eigenvalue weighted by Gasteiger charge is 2.09. The number of hydrogen-bond donors (Lipinski definition) is 3. The van der Waals surface area contributed by atoms with Crippen molar-refractivity contribution in [2.45, 2.75) is 6.42 Å². The summed E-state index contributed by atoms with van der Waals surface area (Å²) in [6, 6.07) is 9.33. The lowest BCUT2D eigenvalue weighted by molar-refractivity contribution is -0.159.